The number of methoxy groups -OCH3 is 1. The maximum Gasteiger partial charge on any atom is 0.573 e. The standard InChI is InChI=1S/C11H5F6NO3/c1-20-9(19)8-5(4-18)2-6(10(12,13)14)3-7(8)21-11(15,16)17/h2-3H,1H3. The smallest absolute Gasteiger partial charge is 0.465 e. The summed E-state index contributed by atoms with van der Waals surface area (Å²) in [5.74, 6) is -2.89. The number of hydrogen-bond acceptors (Lipinski definition) is 4. The molecule has 0 saturated heterocycles. The van der Waals surface area contributed by atoms with E-state index < -0.39 is 40.9 Å². The molecule has 0 bridgehead atoms. The van der Waals surface area contributed by atoms with Gasteiger partial charge in [-0.3, -0.25) is 0 Å². The van der Waals surface area contributed by atoms with Gasteiger partial charge >= 0.3 is 18.5 Å². The van der Waals surface area contributed by atoms with Crippen LogP contribution >= 0.6 is 0 Å². The molecule has 1 aromatic carbocycles. The number of rotatable bonds is 2. The van der Waals surface area contributed by atoms with Gasteiger partial charge in [0.15, 0.2) is 0 Å². The molecule has 0 amide bonds. The minimum absolute atomic E-state index is 0.0272. The maximum atomic E-state index is 12.6. The fourth-order valence-electron chi connectivity index (χ4n) is 1.39. The van der Waals surface area contributed by atoms with Crippen LogP contribution < -0.4 is 4.74 Å². The van der Waals surface area contributed by atoms with E-state index in [1.807, 2.05) is 0 Å². The number of ether oxygens (including phenoxy) is 2. The first-order valence-corrected chi connectivity index (χ1v) is 4.99. The second-order valence-corrected chi connectivity index (χ2v) is 3.55. The third-order valence-electron chi connectivity index (χ3n) is 2.17. The number of hydrogen-bond donors (Lipinski definition) is 0. The number of carbonyl (C=O) groups excluding carboxylic acids is 1. The molecule has 10 heteroatoms. The van der Waals surface area contributed by atoms with Crippen molar-refractivity contribution in [3.8, 4) is 11.8 Å². The Balaban J connectivity index is 3.62. The third kappa shape index (κ3) is 4.01. The van der Waals surface area contributed by atoms with Crippen LogP contribution in [0.1, 0.15) is 21.5 Å². The number of alkyl halides is 6. The van der Waals surface area contributed by atoms with Crippen LogP contribution in [0, 0.1) is 11.3 Å². The first kappa shape index (κ1) is 16.6. The number of carbonyl (C=O) groups is 1. The zero-order chi connectivity index (χ0) is 16.4. The molecule has 0 aliphatic rings. The van der Waals surface area contributed by atoms with Gasteiger partial charge in [0.25, 0.3) is 0 Å². The van der Waals surface area contributed by atoms with Gasteiger partial charge in [-0.05, 0) is 12.1 Å². The van der Waals surface area contributed by atoms with E-state index in [0.717, 1.165) is 7.11 Å². The van der Waals surface area contributed by atoms with Crippen LogP contribution in [0.15, 0.2) is 12.1 Å². The van der Waals surface area contributed by atoms with Crippen LogP contribution in [0.4, 0.5) is 26.3 Å². The molecule has 1 aromatic rings. The normalized spacial score (nSPS) is 11.7. The van der Waals surface area contributed by atoms with Crippen LogP contribution in [0.2, 0.25) is 0 Å². The molecule has 114 valence electrons. The summed E-state index contributed by atoms with van der Waals surface area (Å²) < 4.78 is 81.9. The summed E-state index contributed by atoms with van der Waals surface area (Å²) in [6.07, 6.45) is -10.4. The van der Waals surface area contributed by atoms with E-state index in [2.05, 4.69) is 9.47 Å². The molecule has 0 atom stereocenters. The highest BCUT2D eigenvalue weighted by molar-refractivity contribution is 5.95. The maximum absolute atomic E-state index is 12.6. The van der Waals surface area contributed by atoms with E-state index in [1.165, 1.54) is 6.07 Å². The first-order valence-electron chi connectivity index (χ1n) is 4.99. The summed E-state index contributed by atoms with van der Waals surface area (Å²) in [4.78, 5) is 11.4. The van der Waals surface area contributed by atoms with Crippen LogP contribution in [-0.4, -0.2) is 19.4 Å². The second kappa shape index (κ2) is 5.51. The van der Waals surface area contributed by atoms with Gasteiger partial charge in [-0.1, -0.05) is 0 Å². The minimum atomic E-state index is -5.35. The summed E-state index contributed by atoms with van der Waals surface area (Å²) in [6, 6.07) is 1.41. The molecule has 1 rings (SSSR count). The quantitative estimate of drug-likeness (QED) is 0.621. The molecule has 0 unspecified atom stereocenters. The van der Waals surface area contributed by atoms with Gasteiger partial charge in [-0.2, -0.15) is 18.4 Å². The molecule has 4 nitrogen and oxygen atoms in total. The fraction of sp³-hybridized carbons (Fsp3) is 0.273. The van der Waals surface area contributed by atoms with Crippen LogP contribution in [0.5, 0.6) is 5.75 Å². The molecule has 0 N–H and O–H groups in total. The Morgan fingerprint density at radius 3 is 2.14 bits per heavy atom. The predicted octanol–water partition coefficient (Wildman–Crippen LogP) is 3.26. The van der Waals surface area contributed by atoms with Gasteiger partial charge in [-0.25, -0.2) is 4.79 Å². The monoisotopic (exact) mass is 313 g/mol. The largest absolute Gasteiger partial charge is 0.573 e. The van der Waals surface area contributed by atoms with Gasteiger partial charge in [0, 0.05) is 0 Å². The lowest BCUT2D eigenvalue weighted by Crippen LogP contribution is -2.21. The van der Waals surface area contributed by atoms with Crippen LogP contribution in [0.3, 0.4) is 0 Å². The van der Waals surface area contributed by atoms with E-state index in [9.17, 15) is 31.1 Å². The van der Waals surface area contributed by atoms with Gasteiger partial charge in [0.05, 0.1) is 18.2 Å². The molecule has 0 aliphatic heterocycles. The number of halogens is 6. The zero-order valence-electron chi connectivity index (χ0n) is 10.1. The van der Waals surface area contributed by atoms with E-state index in [-0.39, 0.29) is 12.1 Å². The topological polar surface area (TPSA) is 59.3 Å². The molecule has 0 fully saturated rings. The molecule has 0 aromatic heterocycles. The van der Waals surface area contributed by atoms with E-state index >= 15 is 0 Å². The lowest BCUT2D eigenvalue weighted by Gasteiger charge is -2.16. The summed E-state index contributed by atoms with van der Waals surface area (Å²) in [6.45, 7) is 0. The van der Waals surface area contributed by atoms with Crippen molar-refractivity contribution in [3.63, 3.8) is 0 Å². The highest BCUT2D eigenvalue weighted by atomic mass is 19.4. The van der Waals surface area contributed by atoms with Crippen molar-refractivity contribution in [2.24, 2.45) is 0 Å². The lowest BCUT2D eigenvalue weighted by atomic mass is 10.0. The Hall–Kier alpha value is -2.44. The van der Waals surface area contributed by atoms with E-state index in [0.29, 0.717) is 0 Å². The Kier molecular flexibility index (Phi) is 4.36. The fourth-order valence-corrected chi connectivity index (χ4v) is 1.39. The molecule has 0 saturated carbocycles. The molecular weight excluding hydrogens is 308 g/mol. The Morgan fingerprint density at radius 2 is 1.76 bits per heavy atom. The van der Waals surface area contributed by atoms with Crippen LogP contribution in [-0.2, 0) is 10.9 Å². The predicted molar refractivity (Wildman–Crippen MR) is 54.2 cm³/mol. The second-order valence-electron chi connectivity index (χ2n) is 3.55. The molecular formula is C11H5F6NO3. The van der Waals surface area contributed by atoms with Crippen molar-refractivity contribution in [3.05, 3.63) is 28.8 Å². The van der Waals surface area contributed by atoms with Crippen molar-refractivity contribution in [1.29, 1.82) is 5.26 Å². The first-order chi connectivity index (χ1) is 9.49. The Bertz CT molecular complexity index is 600. The lowest BCUT2D eigenvalue weighted by molar-refractivity contribution is -0.274. The SMILES string of the molecule is COC(=O)c1c(C#N)cc(C(F)(F)F)cc1OC(F)(F)F. The summed E-state index contributed by atoms with van der Waals surface area (Å²) in [5.41, 5.74) is -3.55. The molecule has 0 heterocycles. The van der Waals surface area contributed by atoms with Gasteiger partial charge < -0.3 is 9.47 Å². The van der Waals surface area contributed by atoms with Crippen molar-refractivity contribution >= 4 is 5.97 Å². The van der Waals surface area contributed by atoms with Crippen molar-refractivity contribution < 1.29 is 40.6 Å². The molecule has 0 spiro atoms. The number of nitrogens with zero attached hydrogens (tertiary/aromatic N) is 1. The molecule has 0 aliphatic carbocycles. The van der Waals surface area contributed by atoms with Crippen LogP contribution in [0.25, 0.3) is 0 Å². The van der Waals surface area contributed by atoms with E-state index in [4.69, 9.17) is 5.26 Å². The summed E-state index contributed by atoms with van der Waals surface area (Å²) >= 11 is 0. The number of nitriles is 1. The third-order valence-corrected chi connectivity index (χ3v) is 2.17. The number of benzene rings is 1. The van der Waals surface area contributed by atoms with Crippen molar-refractivity contribution in [1.82, 2.24) is 0 Å². The van der Waals surface area contributed by atoms with Gasteiger partial charge in [0.2, 0.25) is 0 Å². The molecule has 21 heavy (non-hydrogen) atoms. The zero-order valence-corrected chi connectivity index (χ0v) is 10.1. The highest BCUT2D eigenvalue weighted by Crippen LogP contribution is 2.37. The average Bonchev–Trinajstić information content (AvgIpc) is 2.33. The minimum Gasteiger partial charge on any atom is -0.465 e. The number of esters is 1. The van der Waals surface area contributed by atoms with E-state index in [1.54, 1.807) is 0 Å². The van der Waals surface area contributed by atoms with Crippen molar-refractivity contribution in [2.45, 2.75) is 12.5 Å². The molecule has 0 radical (unpaired) electrons. The van der Waals surface area contributed by atoms with Gasteiger partial charge in [0.1, 0.15) is 17.4 Å². The summed E-state index contributed by atoms with van der Waals surface area (Å²) in [5, 5.41) is 8.71. The Morgan fingerprint density at radius 1 is 1.19 bits per heavy atom. The average molecular weight is 313 g/mol. The summed E-state index contributed by atoms with van der Waals surface area (Å²) in [7, 11) is 0.790. The van der Waals surface area contributed by atoms with Crippen molar-refractivity contribution in [2.75, 3.05) is 7.11 Å². The van der Waals surface area contributed by atoms with Gasteiger partial charge in [-0.15, -0.1) is 13.2 Å². The highest BCUT2D eigenvalue weighted by Gasteiger charge is 2.38. The Labute approximate surface area is 113 Å².